The molecule has 1 saturated carbocycles. The van der Waals surface area contributed by atoms with E-state index < -0.39 is 10.0 Å². The Morgan fingerprint density at radius 1 is 1.11 bits per heavy atom. The first-order valence-corrected chi connectivity index (χ1v) is 11.8. The first kappa shape index (κ1) is 21.3. The predicted molar refractivity (Wildman–Crippen MR) is 109 cm³/mol. The smallest absolute Gasteiger partial charge is 0.254 e. The van der Waals surface area contributed by atoms with Gasteiger partial charge in [-0.1, -0.05) is 13.8 Å². The van der Waals surface area contributed by atoms with Crippen LogP contribution in [0.3, 0.4) is 0 Å². The molecule has 1 aromatic rings. The maximum atomic E-state index is 13.1. The number of nitrogens with zero attached hydrogens (tertiary/aromatic N) is 2. The van der Waals surface area contributed by atoms with Crippen LogP contribution in [0.2, 0.25) is 0 Å². The van der Waals surface area contributed by atoms with Crippen LogP contribution in [0.15, 0.2) is 29.2 Å². The lowest BCUT2D eigenvalue weighted by Crippen LogP contribution is -2.48. The molecule has 0 aromatic heterocycles. The minimum absolute atomic E-state index is 0.00812. The van der Waals surface area contributed by atoms with Crippen molar-refractivity contribution in [3.05, 3.63) is 29.8 Å². The molecule has 0 spiro atoms. The highest BCUT2D eigenvalue weighted by Crippen LogP contribution is 2.32. The summed E-state index contributed by atoms with van der Waals surface area (Å²) in [5.74, 6) is 0.00812. The topological polar surface area (TPSA) is 66.9 Å². The van der Waals surface area contributed by atoms with E-state index in [4.69, 9.17) is 4.74 Å². The number of rotatable bonds is 7. The number of hydrogen-bond acceptors (Lipinski definition) is 4. The van der Waals surface area contributed by atoms with Crippen molar-refractivity contribution in [1.82, 2.24) is 9.21 Å². The maximum Gasteiger partial charge on any atom is 0.254 e. The largest absolute Gasteiger partial charge is 0.373 e. The molecule has 28 heavy (non-hydrogen) atoms. The van der Waals surface area contributed by atoms with Gasteiger partial charge >= 0.3 is 0 Å². The lowest BCUT2D eigenvalue weighted by Gasteiger charge is -2.34. The molecule has 1 aliphatic carbocycles. The Kier molecular flexibility index (Phi) is 6.47. The van der Waals surface area contributed by atoms with Crippen LogP contribution in [-0.4, -0.2) is 60.9 Å². The van der Waals surface area contributed by atoms with Crippen LogP contribution < -0.4 is 0 Å². The molecule has 1 amide bonds. The second kappa shape index (κ2) is 8.51. The first-order valence-electron chi connectivity index (χ1n) is 10.4. The van der Waals surface area contributed by atoms with Crippen LogP contribution in [0.25, 0.3) is 0 Å². The highest BCUT2D eigenvalue weighted by Gasteiger charge is 2.37. The highest BCUT2D eigenvalue weighted by atomic mass is 32.2. The monoisotopic (exact) mass is 408 g/mol. The first-order chi connectivity index (χ1) is 13.3. The van der Waals surface area contributed by atoms with E-state index >= 15 is 0 Å². The number of carbonyl (C=O) groups excluding carboxylic acids is 1. The molecule has 1 aliphatic heterocycles. The molecule has 0 bridgehead atoms. The summed E-state index contributed by atoms with van der Waals surface area (Å²) < 4.78 is 33.1. The van der Waals surface area contributed by atoms with Crippen LogP contribution >= 0.6 is 0 Å². The van der Waals surface area contributed by atoms with E-state index in [1.807, 2.05) is 18.7 Å². The van der Waals surface area contributed by atoms with E-state index in [1.165, 1.54) is 4.31 Å². The van der Waals surface area contributed by atoms with Crippen LogP contribution in [0, 0.1) is 0 Å². The average Bonchev–Trinajstić information content (AvgIpc) is 3.49. The average molecular weight is 409 g/mol. The zero-order valence-corrected chi connectivity index (χ0v) is 18.1. The summed E-state index contributed by atoms with van der Waals surface area (Å²) >= 11 is 0. The zero-order chi connectivity index (χ0) is 20.5. The summed E-state index contributed by atoms with van der Waals surface area (Å²) in [5, 5.41) is 0. The maximum absolute atomic E-state index is 13.1. The number of morpholine rings is 1. The fourth-order valence-electron chi connectivity index (χ4n) is 4.06. The van der Waals surface area contributed by atoms with Gasteiger partial charge in [-0.25, -0.2) is 8.42 Å². The molecule has 2 atom stereocenters. The summed E-state index contributed by atoms with van der Waals surface area (Å²) in [6.07, 6.45) is 3.71. The standard InChI is InChI=1S/C21H32N2O4S/c1-5-18(6-2)23(19-9-10-19)21(24)17-7-11-20(12-8-17)28(25,26)22-13-15(3)27-16(4)14-22/h7-8,11-12,15-16,18-19H,5-6,9-10,13-14H2,1-4H3/t15-,16-/m1/s1. The fourth-order valence-corrected chi connectivity index (χ4v) is 5.65. The Labute approximate surface area is 168 Å². The number of carbonyl (C=O) groups is 1. The molecule has 6 nitrogen and oxygen atoms in total. The quantitative estimate of drug-likeness (QED) is 0.694. The molecule has 3 rings (SSSR count). The molecule has 0 radical (unpaired) electrons. The van der Waals surface area contributed by atoms with Gasteiger partial charge in [0, 0.05) is 30.7 Å². The van der Waals surface area contributed by atoms with Gasteiger partial charge in [-0.2, -0.15) is 4.31 Å². The summed E-state index contributed by atoms with van der Waals surface area (Å²) in [5.41, 5.74) is 0.557. The van der Waals surface area contributed by atoms with E-state index in [1.54, 1.807) is 24.3 Å². The SMILES string of the molecule is CCC(CC)N(C(=O)c1ccc(S(=O)(=O)N2C[C@@H](C)O[C@H](C)C2)cc1)C1CC1. The summed E-state index contributed by atoms with van der Waals surface area (Å²) in [7, 11) is -3.59. The highest BCUT2D eigenvalue weighted by molar-refractivity contribution is 7.89. The van der Waals surface area contributed by atoms with Crippen molar-refractivity contribution in [1.29, 1.82) is 0 Å². The minimum Gasteiger partial charge on any atom is -0.373 e. The van der Waals surface area contributed by atoms with Gasteiger partial charge in [-0.3, -0.25) is 4.79 Å². The van der Waals surface area contributed by atoms with E-state index in [0.717, 1.165) is 25.7 Å². The minimum atomic E-state index is -3.59. The number of hydrogen-bond donors (Lipinski definition) is 0. The molecule has 0 unspecified atom stereocenters. The summed E-state index contributed by atoms with van der Waals surface area (Å²) in [6.45, 7) is 8.66. The third-order valence-electron chi connectivity index (χ3n) is 5.64. The van der Waals surface area contributed by atoms with Gasteiger partial charge in [0.1, 0.15) is 0 Å². The lowest BCUT2D eigenvalue weighted by atomic mass is 10.1. The van der Waals surface area contributed by atoms with E-state index in [-0.39, 0.29) is 29.1 Å². The van der Waals surface area contributed by atoms with Gasteiger partial charge in [0.05, 0.1) is 17.1 Å². The molecular weight excluding hydrogens is 376 g/mol. The van der Waals surface area contributed by atoms with Crippen LogP contribution in [0.4, 0.5) is 0 Å². The van der Waals surface area contributed by atoms with Crippen molar-refractivity contribution in [2.75, 3.05) is 13.1 Å². The Bertz CT molecular complexity index is 775. The summed E-state index contributed by atoms with van der Waals surface area (Å²) in [6, 6.07) is 6.99. The molecule has 2 fully saturated rings. The van der Waals surface area contributed by atoms with Gasteiger partial charge in [-0.15, -0.1) is 0 Å². The van der Waals surface area contributed by atoms with E-state index in [0.29, 0.717) is 24.7 Å². The van der Waals surface area contributed by atoms with E-state index in [2.05, 4.69) is 13.8 Å². The molecule has 1 heterocycles. The fraction of sp³-hybridized carbons (Fsp3) is 0.667. The van der Waals surface area contributed by atoms with Crippen LogP contribution in [0.5, 0.6) is 0 Å². The number of benzene rings is 1. The van der Waals surface area contributed by atoms with Gasteiger partial charge in [0.15, 0.2) is 0 Å². The lowest BCUT2D eigenvalue weighted by molar-refractivity contribution is -0.0440. The number of amides is 1. The summed E-state index contributed by atoms with van der Waals surface area (Å²) in [4.78, 5) is 15.3. The van der Waals surface area contributed by atoms with Crippen molar-refractivity contribution < 1.29 is 17.9 Å². The van der Waals surface area contributed by atoms with Crippen LogP contribution in [-0.2, 0) is 14.8 Å². The van der Waals surface area contributed by atoms with Gasteiger partial charge in [-0.05, 0) is 63.8 Å². The van der Waals surface area contributed by atoms with Crippen molar-refractivity contribution in [2.24, 2.45) is 0 Å². The third kappa shape index (κ3) is 4.42. The molecule has 1 saturated heterocycles. The van der Waals surface area contributed by atoms with Gasteiger partial charge in [0.2, 0.25) is 10.0 Å². The number of sulfonamides is 1. The van der Waals surface area contributed by atoms with Crippen molar-refractivity contribution in [3.63, 3.8) is 0 Å². The Morgan fingerprint density at radius 2 is 1.64 bits per heavy atom. The Balaban J connectivity index is 1.79. The molecule has 2 aliphatic rings. The predicted octanol–water partition coefficient (Wildman–Crippen LogP) is 3.28. The third-order valence-corrected chi connectivity index (χ3v) is 7.48. The normalized spacial score (nSPS) is 23.8. The second-order valence-electron chi connectivity index (χ2n) is 8.02. The molecular formula is C21H32N2O4S. The number of ether oxygens (including phenoxy) is 1. The van der Waals surface area contributed by atoms with Gasteiger partial charge < -0.3 is 9.64 Å². The molecule has 156 valence electrons. The Hall–Kier alpha value is -1.44. The Morgan fingerprint density at radius 3 is 2.11 bits per heavy atom. The van der Waals surface area contributed by atoms with Gasteiger partial charge in [0.25, 0.3) is 5.91 Å². The van der Waals surface area contributed by atoms with Crippen molar-refractivity contribution in [3.8, 4) is 0 Å². The molecule has 1 aromatic carbocycles. The van der Waals surface area contributed by atoms with Crippen molar-refractivity contribution >= 4 is 15.9 Å². The molecule has 0 N–H and O–H groups in total. The van der Waals surface area contributed by atoms with E-state index in [9.17, 15) is 13.2 Å². The zero-order valence-electron chi connectivity index (χ0n) is 17.3. The second-order valence-corrected chi connectivity index (χ2v) is 9.96. The van der Waals surface area contributed by atoms with Crippen molar-refractivity contribution in [2.45, 2.75) is 82.6 Å². The van der Waals surface area contributed by atoms with Crippen LogP contribution in [0.1, 0.15) is 63.7 Å². The molecule has 7 heteroatoms.